The highest BCUT2D eigenvalue weighted by molar-refractivity contribution is 7.19. The van der Waals surface area contributed by atoms with E-state index in [0.717, 1.165) is 6.54 Å². The van der Waals surface area contributed by atoms with E-state index in [9.17, 15) is 0 Å². The Morgan fingerprint density at radius 3 is 2.00 bits per heavy atom. The molecule has 0 aromatic rings. The molecule has 0 fully saturated rings. The SMILES string of the molecule is CCN(C(C)C)C(C)CC[Si](C)(C)Cl. The van der Waals surface area contributed by atoms with Gasteiger partial charge in [-0.15, -0.1) is 0 Å². The summed E-state index contributed by atoms with van der Waals surface area (Å²) in [5.41, 5.74) is 0. The van der Waals surface area contributed by atoms with Crippen LogP contribution in [0.3, 0.4) is 0 Å². The lowest BCUT2D eigenvalue weighted by Crippen LogP contribution is -2.39. The minimum atomic E-state index is -1.37. The van der Waals surface area contributed by atoms with Crippen molar-refractivity contribution in [3.8, 4) is 0 Å². The van der Waals surface area contributed by atoms with Gasteiger partial charge in [-0.1, -0.05) is 20.0 Å². The quantitative estimate of drug-likeness (QED) is 0.498. The van der Waals surface area contributed by atoms with E-state index in [1.54, 1.807) is 0 Å². The van der Waals surface area contributed by atoms with Crippen LogP contribution >= 0.6 is 11.1 Å². The van der Waals surface area contributed by atoms with Crippen LogP contribution in [-0.4, -0.2) is 30.9 Å². The highest BCUT2D eigenvalue weighted by Gasteiger charge is 2.21. The van der Waals surface area contributed by atoms with Gasteiger partial charge in [0.2, 0.25) is 0 Å². The third-order valence-corrected chi connectivity index (χ3v) is 4.80. The monoisotopic (exact) mass is 235 g/mol. The van der Waals surface area contributed by atoms with Crippen LogP contribution in [0.25, 0.3) is 0 Å². The van der Waals surface area contributed by atoms with Crippen molar-refractivity contribution in [2.24, 2.45) is 0 Å². The molecule has 0 aliphatic carbocycles. The first kappa shape index (κ1) is 14.5. The van der Waals surface area contributed by atoms with Crippen LogP contribution in [0.1, 0.15) is 34.1 Å². The zero-order valence-electron chi connectivity index (χ0n) is 10.6. The third-order valence-electron chi connectivity index (χ3n) is 2.75. The lowest BCUT2D eigenvalue weighted by molar-refractivity contribution is 0.169. The standard InChI is InChI=1S/C11H26ClNSi/c1-7-13(10(2)3)11(4)8-9-14(5,6)12/h10-11H,7-9H2,1-6H3. The van der Waals surface area contributed by atoms with E-state index in [1.165, 1.54) is 12.5 Å². The second-order valence-electron chi connectivity index (χ2n) is 5.03. The van der Waals surface area contributed by atoms with Gasteiger partial charge in [0.05, 0.1) is 0 Å². The Hall–Kier alpha value is 0.467. The zero-order chi connectivity index (χ0) is 11.4. The van der Waals surface area contributed by atoms with Gasteiger partial charge in [0.15, 0.2) is 7.38 Å². The molecule has 0 aliphatic heterocycles. The highest BCUT2D eigenvalue weighted by Crippen LogP contribution is 2.20. The summed E-state index contributed by atoms with van der Waals surface area (Å²) in [6.07, 6.45) is 1.24. The highest BCUT2D eigenvalue weighted by atomic mass is 35.6. The molecular weight excluding hydrogens is 210 g/mol. The van der Waals surface area contributed by atoms with Gasteiger partial charge in [0.25, 0.3) is 0 Å². The van der Waals surface area contributed by atoms with Crippen molar-refractivity contribution in [2.45, 2.75) is 65.3 Å². The number of rotatable bonds is 6. The van der Waals surface area contributed by atoms with Crippen LogP contribution in [0.15, 0.2) is 0 Å². The van der Waals surface area contributed by atoms with Gasteiger partial charge < -0.3 is 0 Å². The van der Waals surface area contributed by atoms with Crippen LogP contribution in [0.2, 0.25) is 19.1 Å². The molecule has 0 saturated carbocycles. The Morgan fingerprint density at radius 2 is 1.71 bits per heavy atom. The topological polar surface area (TPSA) is 3.24 Å². The minimum Gasteiger partial charge on any atom is -0.299 e. The van der Waals surface area contributed by atoms with Crippen LogP contribution in [0.5, 0.6) is 0 Å². The van der Waals surface area contributed by atoms with Gasteiger partial charge >= 0.3 is 0 Å². The predicted molar refractivity (Wildman–Crippen MR) is 69.7 cm³/mol. The molecule has 0 spiro atoms. The van der Waals surface area contributed by atoms with E-state index in [4.69, 9.17) is 11.1 Å². The Kier molecular flexibility index (Phi) is 6.34. The van der Waals surface area contributed by atoms with Crippen LogP contribution in [0, 0.1) is 0 Å². The van der Waals surface area contributed by atoms with Gasteiger partial charge in [-0.25, -0.2) is 0 Å². The molecule has 0 heterocycles. The van der Waals surface area contributed by atoms with Gasteiger partial charge in [-0.05, 0) is 39.8 Å². The van der Waals surface area contributed by atoms with Gasteiger partial charge in [0, 0.05) is 12.1 Å². The first-order valence-electron chi connectivity index (χ1n) is 5.72. The maximum Gasteiger partial charge on any atom is 0.150 e. The van der Waals surface area contributed by atoms with Crippen LogP contribution in [0.4, 0.5) is 0 Å². The fourth-order valence-corrected chi connectivity index (χ4v) is 3.34. The molecule has 0 rings (SSSR count). The molecule has 0 aromatic carbocycles. The van der Waals surface area contributed by atoms with Crippen molar-refractivity contribution in [3.63, 3.8) is 0 Å². The molecule has 0 saturated heterocycles. The van der Waals surface area contributed by atoms with Gasteiger partial charge in [-0.3, -0.25) is 4.90 Å². The van der Waals surface area contributed by atoms with Crippen molar-refractivity contribution in [2.75, 3.05) is 6.54 Å². The van der Waals surface area contributed by atoms with Gasteiger partial charge in [-0.2, -0.15) is 11.1 Å². The summed E-state index contributed by atoms with van der Waals surface area (Å²) < 4.78 is 0. The number of nitrogens with zero attached hydrogens (tertiary/aromatic N) is 1. The Balaban J connectivity index is 3.99. The molecule has 1 unspecified atom stereocenters. The lowest BCUT2D eigenvalue weighted by atomic mass is 10.2. The maximum absolute atomic E-state index is 6.33. The average molecular weight is 236 g/mol. The van der Waals surface area contributed by atoms with E-state index in [1.807, 2.05) is 0 Å². The van der Waals surface area contributed by atoms with Gasteiger partial charge in [0.1, 0.15) is 0 Å². The summed E-state index contributed by atoms with van der Waals surface area (Å²) in [4.78, 5) is 2.54. The molecule has 0 amide bonds. The van der Waals surface area contributed by atoms with E-state index in [2.05, 4.69) is 45.7 Å². The fourth-order valence-electron chi connectivity index (χ4n) is 1.90. The number of halogens is 1. The smallest absolute Gasteiger partial charge is 0.150 e. The number of hydrogen-bond donors (Lipinski definition) is 0. The molecule has 1 atom stereocenters. The van der Waals surface area contributed by atoms with Crippen molar-refractivity contribution < 1.29 is 0 Å². The summed E-state index contributed by atoms with van der Waals surface area (Å²) in [7, 11) is -1.37. The van der Waals surface area contributed by atoms with Crippen molar-refractivity contribution in [1.82, 2.24) is 4.90 Å². The third kappa shape index (κ3) is 6.05. The molecule has 0 bridgehead atoms. The van der Waals surface area contributed by atoms with E-state index in [0.29, 0.717) is 12.1 Å². The maximum atomic E-state index is 6.33. The van der Waals surface area contributed by atoms with Crippen molar-refractivity contribution >= 4 is 18.5 Å². The first-order chi connectivity index (χ1) is 6.28. The van der Waals surface area contributed by atoms with Crippen LogP contribution < -0.4 is 0 Å². The van der Waals surface area contributed by atoms with Crippen molar-refractivity contribution in [1.29, 1.82) is 0 Å². The fraction of sp³-hybridized carbons (Fsp3) is 1.00. The lowest BCUT2D eigenvalue weighted by Gasteiger charge is -2.32. The summed E-state index contributed by atoms with van der Waals surface area (Å²) in [6.45, 7) is 14.7. The summed E-state index contributed by atoms with van der Waals surface area (Å²) >= 11 is 6.33. The molecule has 1 nitrogen and oxygen atoms in total. The Labute approximate surface area is 95.5 Å². The molecule has 14 heavy (non-hydrogen) atoms. The molecule has 0 aromatic heterocycles. The Morgan fingerprint density at radius 1 is 1.21 bits per heavy atom. The molecule has 86 valence electrons. The second kappa shape index (κ2) is 6.14. The average Bonchev–Trinajstić information content (AvgIpc) is 2.00. The van der Waals surface area contributed by atoms with Crippen molar-refractivity contribution in [3.05, 3.63) is 0 Å². The molecule has 0 N–H and O–H groups in total. The number of hydrogen-bond acceptors (Lipinski definition) is 1. The summed E-state index contributed by atoms with van der Waals surface area (Å²) in [5, 5.41) is 0. The second-order valence-corrected chi connectivity index (χ2v) is 12.0. The molecule has 0 radical (unpaired) electrons. The zero-order valence-corrected chi connectivity index (χ0v) is 12.4. The predicted octanol–water partition coefficient (Wildman–Crippen LogP) is 3.94. The first-order valence-corrected chi connectivity index (χ1v) is 9.94. The molecule has 3 heteroatoms. The summed E-state index contributed by atoms with van der Waals surface area (Å²) in [5.74, 6) is 0. The van der Waals surface area contributed by atoms with E-state index < -0.39 is 7.38 Å². The minimum absolute atomic E-state index is 0.648. The normalized spacial score (nSPS) is 15.2. The Bertz CT molecular complexity index is 154. The summed E-state index contributed by atoms with van der Waals surface area (Å²) in [6, 6.07) is 2.54. The van der Waals surface area contributed by atoms with E-state index in [-0.39, 0.29) is 0 Å². The van der Waals surface area contributed by atoms with Crippen LogP contribution in [-0.2, 0) is 0 Å². The molecular formula is C11H26ClNSi. The van der Waals surface area contributed by atoms with E-state index >= 15 is 0 Å². The largest absolute Gasteiger partial charge is 0.299 e. The molecule has 0 aliphatic rings.